The van der Waals surface area contributed by atoms with E-state index in [2.05, 4.69) is 4.98 Å². The van der Waals surface area contributed by atoms with Gasteiger partial charge in [-0.2, -0.15) is 0 Å². The number of carbonyl (C=O) groups is 1. The first kappa shape index (κ1) is 11.4. The van der Waals surface area contributed by atoms with Crippen LogP contribution in [0.1, 0.15) is 12.7 Å². The van der Waals surface area contributed by atoms with Crippen LogP contribution in [0.15, 0.2) is 35.9 Å². The van der Waals surface area contributed by atoms with Crippen LogP contribution >= 0.6 is 0 Å². The van der Waals surface area contributed by atoms with Gasteiger partial charge in [-0.15, -0.1) is 0 Å². The molecule has 0 amide bonds. The van der Waals surface area contributed by atoms with Crippen LogP contribution in [0.4, 0.5) is 0 Å². The molecule has 0 aliphatic carbocycles. The maximum absolute atomic E-state index is 10.7. The highest BCUT2D eigenvalue weighted by atomic mass is 16.4. The molecular formula is C13H14N2O2. The number of fused-ring (bicyclic) bond motifs is 1. The van der Waals surface area contributed by atoms with Crippen molar-refractivity contribution in [3.05, 3.63) is 41.7 Å². The zero-order valence-electron chi connectivity index (χ0n) is 9.84. The predicted molar refractivity (Wildman–Crippen MR) is 65.9 cm³/mol. The summed E-state index contributed by atoms with van der Waals surface area (Å²) in [5, 5.41) is 8.80. The number of hydrogen-bond acceptors (Lipinski definition) is 2. The average Bonchev–Trinajstić information content (AvgIpc) is 2.61. The van der Waals surface area contributed by atoms with Crippen molar-refractivity contribution in [2.45, 2.75) is 20.4 Å². The van der Waals surface area contributed by atoms with Crippen molar-refractivity contribution in [1.29, 1.82) is 0 Å². The molecule has 2 aromatic rings. The molecule has 1 N–H and O–H groups in total. The summed E-state index contributed by atoms with van der Waals surface area (Å²) < 4.78 is 2.00. The Morgan fingerprint density at radius 2 is 2.18 bits per heavy atom. The fourth-order valence-electron chi connectivity index (χ4n) is 1.74. The van der Waals surface area contributed by atoms with Crippen molar-refractivity contribution < 1.29 is 9.90 Å². The van der Waals surface area contributed by atoms with Crippen molar-refractivity contribution in [1.82, 2.24) is 9.55 Å². The molecule has 1 aromatic heterocycles. The number of para-hydroxylation sites is 2. The van der Waals surface area contributed by atoms with Gasteiger partial charge in [-0.1, -0.05) is 18.2 Å². The number of benzene rings is 1. The van der Waals surface area contributed by atoms with Gasteiger partial charge in [0.1, 0.15) is 5.82 Å². The molecule has 4 heteroatoms. The molecule has 0 atom stereocenters. The van der Waals surface area contributed by atoms with Gasteiger partial charge in [0, 0.05) is 12.1 Å². The first-order valence-corrected chi connectivity index (χ1v) is 5.41. The van der Waals surface area contributed by atoms with Gasteiger partial charge in [0.15, 0.2) is 0 Å². The fourth-order valence-corrected chi connectivity index (χ4v) is 1.74. The first-order chi connectivity index (χ1) is 8.09. The molecular weight excluding hydrogens is 216 g/mol. The molecule has 0 radical (unpaired) electrons. The van der Waals surface area contributed by atoms with Crippen molar-refractivity contribution in [3.63, 3.8) is 0 Å². The topological polar surface area (TPSA) is 55.1 Å². The number of carboxylic acids is 1. The number of nitrogens with zero attached hydrogens (tertiary/aromatic N) is 2. The van der Waals surface area contributed by atoms with Crippen LogP contribution in [0.2, 0.25) is 0 Å². The third kappa shape index (κ3) is 2.20. The molecule has 0 bridgehead atoms. The Hall–Kier alpha value is -2.10. The molecule has 88 valence electrons. The zero-order chi connectivity index (χ0) is 12.4. The number of aromatic nitrogens is 2. The third-order valence-corrected chi connectivity index (χ3v) is 2.76. The number of rotatable bonds is 3. The van der Waals surface area contributed by atoms with Crippen LogP contribution in [0.5, 0.6) is 0 Å². The summed E-state index contributed by atoms with van der Waals surface area (Å²) in [5.41, 5.74) is 2.31. The van der Waals surface area contributed by atoms with E-state index in [1.165, 1.54) is 0 Å². The highest BCUT2D eigenvalue weighted by molar-refractivity contribution is 5.85. The van der Waals surface area contributed by atoms with Crippen molar-refractivity contribution in [2.75, 3.05) is 0 Å². The predicted octanol–water partition coefficient (Wildman–Crippen LogP) is 2.38. The molecule has 0 fully saturated rings. The number of allylic oxidation sites excluding steroid dienone is 1. The summed E-state index contributed by atoms with van der Waals surface area (Å²) in [5.74, 6) is 0.00714. The third-order valence-electron chi connectivity index (χ3n) is 2.76. The summed E-state index contributed by atoms with van der Waals surface area (Å²) >= 11 is 0. The second-order valence-electron chi connectivity index (χ2n) is 3.95. The lowest BCUT2D eigenvalue weighted by Gasteiger charge is -2.03. The maximum atomic E-state index is 10.7. The number of aryl methyl sites for hydroxylation is 1. The van der Waals surface area contributed by atoms with E-state index >= 15 is 0 Å². The largest absolute Gasteiger partial charge is 0.478 e. The van der Waals surface area contributed by atoms with Crippen LogP contribution in [0, 0.1) is 6.92 Å². The second kappa shape index (κ2) is 4.41. The van der Waals surface area contributed by atoms with E-state index in [4.69, 9.17) is 5.11 Å². The smallest absolute Gasteiger partial charge is 0.331 e. The highest BCUT2D eigenvalue weighted by Crippen LogP contribution is 2.15. The molecule has 0 saturated heterocycles. The quantitative estimate of drug-likeness (QED) is 0.823. The van der Waals surface area contributed by atoms with E-state index in [0.29, 0.717) is 12.1 Å². The van der Waals surface area contributed by atoms with E-state index < -0.39 is 5.97 Å². The maximum Gasteiger partial charge on any atom is 0.331 e. The van der Waals surface area contributed by atoms with E-state index in [-0.39, 0.29) is 0 Å². The summed E-state index contributed by atoms with van der Waals surface area (Å²) in [7, 11) is 0. The Labute approximate surface area is 99.2 Å². The minimum atomic E-state index is -0.882. The number of imidazole rings is 1. The normalized spacial score (nSPS) is 12.0. The van der Waals surface area contributed by atoms with Crippen LogP contribution in [0.25, 0.3) is 11.0 Å². The van der Waals surface area contributed by atoms with E-state index in [1.807, 2.05) is 35.8 Å². The summed E-state index contributed by atoms with van der Waals surface area (Å²) in [6, 6.07) is 7.83. The Bertz CT molecular complexity index is 596. The van der Waals surface area contributed by atoms with Gasteiger partial charge in [0.05, 0.1) is 11.0 Å². The van der Waals surface area contributed by atoms with Crippen molar-refractivity contribution >= 4 is 17.0 Å². The SMILES string of the molecule is CC(=CCn1c(C)nc2ccccc21)C(=O)O. The zero-order valence-corrected chi connectivity index (χ0v) is 9.84. The Balaban J connectivity index is 2.39. The van der Waals surface area contributed by atoms with Crippen LogP contribution in [-0.4, -0.2) is 20.6 Å². The average molecular weight is 230 g/mol. The number of hydrogen-bond donors (Lipinski definition) is 1. The Morgan fingerprint density at radius 1 is 1.47 bits per heavy atom. The van der Waals surface area contributed by atoms with Crippen molar-refractivity contribution in [3.8, 4) is 0 Å². The lowest BCUT2D eigenvalue weighted by Crippen LogP contribution is -2.02. The molecule has 0 aliphatic heterocycles. The minimum absolute atomic E-state index is 0.349. The molecule has 1 heterocycles. The molecule has 1 aromatic carbocycles. The molecule has 2 rings (SSSR count). The molecule has 0 aliphatic rings. The van der Waals surface area contributed by atoms with Crippen molar-refractivity contribution in [2.24, 2.45) is 0 Å². The molecule has 0 unspecified atom stereocenters. The van der Waals surface area contributed by atoms with Gasteiger partial charge in [0.25, 0.3) is 0 Å². The van der Waals surface area contributed by atoms with Gasteiger partial charge >= 0.3 is 5.97 Å². The number of aliphatic carboxylic acids is 1. The Morgan fingerprint density at radius 3 is 2.88 bits per heavy atom. The van der Waals surface area contributed by atoms with Crippen LogP contribution in [-0.2, 0) is 11.3 Å². The van der Waals surface area contributed by atoms with Gasteiger partial charge in [-0.3, -0.25) is 0 Å². The lowest BCUT2D eigenvalue weighted by molar-refractivity contribution is -0.132. The van der Waals surface area contributed by atoms with Gasteiger partial charge < -0.3 is 9.67 Å². The first-order valence-electron chi connectivity index (χ1n) is 5.41. The van der Waals surface area contributed by atoms with Crippen LogP contribution in [0.3, 0.4) is 0 Å². The van der Waals surface area contributed by atoms with E-state index in [9.17, 15) is 4.79 Å². The molecule has 0 spiro atoms. The highest BCUT2D eigenvalue weighted by Gasteiger charge is 2.06. The molecule has 4 nitrogen and oxygen atoms in total. The standard InChI is InChI=1S/C13H14N2O2/c1-9(13(16)17)7-8-15-10(2)14-11-5-3-4-6-12(11)15/h3-7H,8H2,1-2H3,(H,16,17). The molecule has 0 saturated carbocycles. The summed E-state index contributed by atoms with van der Waals surface area (Å²) in [6.45, 7) is 4.05. The Kier molecular flexibility index (Phi) is 2.95. The lowest BCUT2D eigenvalue weighted by atomic mass is 10.3. The summed E-state index contributed by atoms with van der Waals surface area (Å²) in [4.78, 5) is 15.1. The monoisotopic (exact) mass is 230 g/mol. The summed E-state index contributed by atoms with van der Waals surface area (Å²) in [6.07, 6.45) is 1.70. The fraction of sp³-hybridized carbons (Fsp3) is 0.231. The van der Waals surface area contributed by atoms with Gasteiger partial charge in [-0.25, -0.2) is 9.78 Å². The molecule has 17 heavy (non-hydrogen) atoms. The minimum Gasteiger partial charge on any atom is -0.478 e. The van der Waals surface area contributed by atoms with Crippen LogP contribution < -0.4 is 0 Å². The second-order valence-corrected chi connectivity index (χ2v) is 3.95. The number of carboxylic acid groups (broad SMARTS) is 1. The van der Waals surface area contributed by atoms with Gasteiger partial charge in [0.2, 0.25) is 0 Å². The van der Waals surface area contributed by atoms with E-state index in [1.54, 1.807) is 13.0 Å². The van der Waals surface area contributed by atoms with E-state index in [0.717, 1.165) is 16.9 Å². The van der Waals surface area contributed by atoms with Gasteiger partial charge in [-0.05, 0) is 26.0 Å².